The van der Waals surface area contributed by atoms with E-state index in [1.165, 1.54) is 19.2 Å². The number of hydrogen-bond donors (Lipinski definition) is 2. The van der Waals surface area contributed by atoms with Crippen LogP contribution in [0.25, 0.3) is 32.8 Å². The molecule has 1 aromatic heterocycles. The summed E-state index contributed by atoms with van der Waals surface area (Å²) >= 11 is 0. The Hall–Kier alpha value is -4.34. The van der Waals surface area contributed by atoms with Gasteiger partial charge in [0.05, 0.1) is 29.2 Å². The molecule has 8 rings (SSSR count). The van der Waals surface area contributed by atoms with Gasteiger partial charge in [-0.25, -0.2) is 17.6 Å². The molecule has 4 aliphatic heterocycles. The normalized spacial score (nSPS) is 25.4. The predicted molar refractivity (Wildman–Crippen MR) is 169 cm³/mol. The number of phenols is 1. The van der Waals surface area contributed by atoms with Crippen LogP contribution in [-0.4, -0.2) is 83.7 Å². The Morgan fingerprint density at radius 1 is 1.09 bits per heavy atom. The van der Waals surface area contributed by atoms with Crippen molar-refractivity contribution >= 4 is 27.5 Å². The van der Waals surface area contributed by atoms with Crippen molar-refractivity contribution in [3.63, 3.8) is 0 Å². The van der Waals surface area contributed by atoms with E-state index in [1.807, 2.05) is 4.90 Å². The zero-order valence-corrected chi connectivity index (χ0v) is 25.8. The van der Waals surface area contributed by atoms with Crippen LogP contribution in [0.3, 0.4) is 0 Å². The van der Waals surface area contributed by atoms with Gasteiger partial charge in [0.15, 0.2) is 17.4 Å². The number of fused-ring (bicyclic) bond motifs is 5. The van der Waals surface area contributed by atoms with Crippen LogP contribution in [0.15, 0.2) is 24.3 Å². The minimum atomic E-state index is -1.08. The van der Waals surface area contributed by atoms with Gasteiger partial charge in [0.2, 0.25) is 0 Å². The number of aromatic hydroxyl groups is 1. The fourth-order valence-corrected chi connectivity index (χ4v) is 8.34. The molecule has 2 bridgehead atoms. The molecule has 0 saturated carbocycles. The maximum atomic E-state index is 17.1. The number of halogens is 4. The van der Waals surface area contributed by atoms with Gasteiger partial charge in [0.1, 0.15) is 35.7 Å². The Kier molecular flexibility index (Phi) is 7.11. The molecule has 4 aliphatic rings. The Balaban J connectivity index is 1.35. The first-order valence-electron chi connectivity index (χ1n) is 15.9. The molecule has 8 nitrogen and oxygen atoms in total. The van der Waals surface area contributed by atoms with E-state index < -0.39 is 34.7 Å². The number of ether oxygens (including phenoxy) is 2. The van der Waals surface area contributed by atoms with Crippen molar-refractivity contribution in [3.05, 3.63) is 47.3 Å². The number of methoxy groups -OCH3 is 1. The van der Waals surface area contributed by atoms with Crippen LogP contribution in [0.2, 0.25) is 0 Å². The van der Waals surface area contributed by atoms with E-state index in [9.17, 15) is 13.9 Å². The van der Waals surface area contributed by atoms with Crippen LogP contribution >= 0.6 is 0 Å². The third-order valence-electron chi connectivity index (χ3n) is 10.4. The highest BCUT2D eigenvalue weighted by atomic mass is 19.1. The van der Waals surface area contributed by atoms with Crippen molar-refractivity contribution in [3.8, 4) is 41.0 Å². The Morgan fingerprint density at radius 3 is 2.62 bits per heavy atom. The number of alkyl halides is 1. The van der Waals surface area contributed by atoms with Gasteiger partial charge in [-0.3, -0.25) is 4.90 Å². The first kappa shape index (κ1) is 30.0. The van der Waals surface area contributed by atoms with Gasteiger partial charge in [0, 0.05) is 49.1 Å². The summed E-state index contributed by atoms with van der Waals surface area (Å²) in [7, 11) is 1.27. The van der Waals surface area contributed by atoms with Crippen molar-refractivity contribution in [2.24, 2.45) is 0 Å². The quantitative estimate of drug-likeness (QED) is 0.211. The number of benzene rings is 3. The second-order valence-electron chi connectivity index (χ2n) is 13.2. The number of terminal acetylenes is 1. The minimum Gasteiger partial charge on any atom is -0.508 e. The van der Waals surface area contributed by atoms with Gasteiger partial charge < -0.3 is 24.8 Å². The summed E-state index contributed by atoms with van der Waals surface area (Å²) in [6, 6.07) is 5.22. The first-order chi connectivity index (χ1) is 22.7. The minimum absolute atomic E-state index is 0.0260. The van der Waals surface area contributed by atoms with Gasteiger partial charge in [-0.2, -0.15) is 9.97 Å². The van der Waals surface area contributed by atoms with Gasteiger partial charge >= 0.3 is 6.01 Å². The van der Waals surface area contributed by atoms with E-state index in [4.69, 9.17) is 20.9 Å². The molecule has 3 aromatic carbocycles. The van der Waals surface area contributed by atoms with Gasteiger partial charge in [-0.1, -0.05) is 12.0 Å². The standard InChI is InChI=1S/C35H33F4N5O3/c1-3-23-25(37)8-5-18-11-22(45)12-24(26(18)23)27-29(38)31-28(32(46-2)30(27)39)33(43-15-20-6-7-21(16-43)40-20)42-34(41-31)47-17-35-9-4-10-44(35)14-19(36)13-35/h1,5,8,11-12,19-21,40,45H,4,6-7,9-10,13-17H2,2H3/t19-,20?,21?,35?/m1/s1. The van der Waals surface area contributed by atoms with Crippen LogP contribution in [0.1, 0.15) is 37.7 Å². The van der Waals surface area contributed by atoms with Crippen LogP contribution in [0.5, 0.6) is 17.5 Å². The Bertz CT molecular complexity index is 1970. The summed E-state index contributed by atoms with van der Waals surface area (Å²) in [5, 5.41) is 14.5. The van der Waals surface area contributed by atoms with Crippen molar-refractivity contribution in [2.45, 2.75) is 55.9 Å². The summed E-state index contributed by atoms with van der Waals surface area (Å²) < 4.78 is 75.1. The van der Waals surface area contributed by atoms with Crippen LogP contribution in [0, 0.1) is 29.8 Å². The van der Waals surface area contributed by atoms with Crippen molar-refractivity contribution in [2.75, 3.05) is 44.8 Å². The van der Waals surface area contributed by atoms with Crippen LogP contribution < -0.4 is 19.7 Å². The van der Waals surface area contributed by atoms with Gasteiger partial charge in [-0.05, 0) is 55.8 Å². The Labute approximate surface area is 268 Å². The zero-order valence-electron chi connectivity index (χ0n) is 25.8. The molecule has 0 radical (unpaired) electrons. The molecular formula is C35H33F4N5O3. The third-order valence-corrected chi connectivity index (χ3v) is 10.4. The molecule has 0 amide bonds. The van der Waals surface area contributed by atoms with Crippen molar-refractivity contribution in [1.82, 2.24) is 20.2 Å². The number of hydrogen-bond acceptors (Lipinski definition) is 8. The molecule has 47 heavy (non-hydrogen) atoms. The van der Waals surface area contributed by atoms with Crippen LogP contribution in [0.4, 0.5) is 23.4 Å². The van der Waals surface area contributed by atoms with Gasteiger partial charge in [0.25, 0.3) is 0 Å². The number of nitrogens with zero attached hydrogens (tertiary/aromatic N) is 4. The Morgan fingerprint density at radius 2 is 1.87 bits per heavy atom. The van der Waals surface area contributed by atoms with Gasteiger partial charge in [-0.15, -0.1) is 6.42 Å². The van der Waals surface area contributed by atoms with E-state index in [2.05, 4.69) is 21.1 Å². The number of anilines is 1. The molecule has 5 heterocycles. The average Bonchev–Trinajstić information content (AvgIpc) is 3.70. The maximum absolute atomic E-state index is 17.1. The number of rotatable bonds is 6. The second-order valence-corrected chi connectivity index (χ2v) is 13.2. The molecule has 244 valence electrons. The monoisotopic (exact) mass is 647 g/mol. The lowest BCUT2D eigenvalue weighted by molar-refractivity contribution is 0.107. The van der Waals surface area contributed by atoms with E-state index in [0.29, 0.717) is 31.4 Å². The zero-order chi connectivity index (χ0) is 32.6. The lowest BCUT2D eigenvalue weighted by Crippen LogP contribution is -2.51. The molecule has 4 atom stereocenters. The second kappa shape index (κ2) is 11.1. The number of phenolic OH excluding ortho intramolecular Hbond substituents is 1. The lowest BCUT2D eigenvalue weighted by Gasteiger charge is -2.35. The fourth-order valence-electron chi connectivity index (χ4n) is 8.34. The molecule has 4 aromatic rings. The molecule has 4 saturated heterocycles. The lowest BCUT2D eigenvalue weighted by atomic mass is 9.92. The highest BCUT2D eigenvalue weighted by Crippen LogP contribution is 2.47. The summed E-state index contributed by atoms with van der Waals surface area (Å²) in [5.74, 6) is -0.961. The SMILES string of the molecule is C#Cc1c(F)ccc2cc(O)cc(-c3c(F)c(OC)c4c(N5CC6CCC(C5)N6)nc(OCC56CCCN5C[C@H](F)C6)nc4c3F)c12. The van der Waals surface area contributed by atoms with E-state index >= 15 is 8.78 Å². The van der Waals surface area contributed by atoms with Crippen LogP contribution in [-0.2, 0) is 0 Å². The largest absolute Gasteiger partial charge is 0.508 e. The molecule has 2 N–H and O–H groups in total. The number of nitrogens with one attached hydrogen (secondary N) is 1. The third kappa shape index (κ3) is 4.73. The summed E-state index contributed by atoms with van der Waals surface area (Å²) in [4.78, 5) is 13.3. The molecule has 0 aliphatic carbocycles. The van der Waals surface area contributed by atoms with E-state index in [1.54, 1.807) is 0 Å². The first-order valence-corrected chi connectivity index (χ1v) is 15.9. The van der Waals surface area contributed by atoms with Crippen molar-refractivity contribution in [1.29, 1.82) is 0 Å². The molecular weight excluding hydrogens is 614 g/mol. The molecule has 4 fully saturated rings. The average molecular weight is 648 g/mol. The highest BCUT2D eigenvalue weighted by molar-refractivity contribution is 6.06. The molecule has 12 heteroatoms. The summed E-state index contributed by atoms with van der Waals surface area (Å²) in [5.41, 5.74) is -1.74. The topological polar surface area (TPSA) is 83.0 Å². The van der Waals surface area contributed by atoms with E-state index in [-0.39, 0.29) is 69.4 Å². The number of aromatic nitrogens is 2. The molecule has 3 unspecified atom stereocenters. The van der Waals surface area contributed by atoms with Crippen molar-refractivity contribution < 1.29 is 32.1 Å². The maximum Gasteiger partial charge on any atom is 0.319 e. The fraction of sp³-hybridized carbons (Fsp3) is 0.429. The van der Waals surface area contributed by atoms with E-state index in [0.717, 1.165) is 44.4 Å². The smallest absolute Gasteiger partial charge is 0.319 e. The summed E-state index contributed by atoms with van der Waals surface area (Å²) in [6.07, 6.45) is 8.60. The highest BCUT2D eigenvalue weighted by Gasteiger charge is 2.49. The summed E-state index contributed by atoms with van der Waals surface area (Å²) in [6.45, 7) is 2.30. The predicted octanol–water partition coefficient (Wildman–Crippen LogP) is 5.46. The molecule has 0 spiro atoms. The number of piperazine rings is 1.